The Balaban J connectivity index is 1.63. The lowest BCUT2D eigenvalue weighted by Gasteiger charge is -2.17. The molecule has 186 valence electrons. The van der Waals surface area contributed by atoms with Crippen LogP contribution in [0.4, 0.5) is 0 Å². The summed E-state index contributed by atoms with van der Waals surface area (Å²) in [7, 11) is -1.50. The first-order valence-corrected chi connectivity index (χ1v) is 14.2. The van der Waals surface area contributed by atoms with Crippen LogP contribution in [0.5, 0.6) is 5.75 Å². The van der Waals surface area contributed by atoms with Crippen LogP contribution < -0.4 is 10.1 Å². The molecule has 1 N–H and O–H groups in total. The van der Waals surface area contributed by atoms with Crippen molar-refractivity contribution in [2.24, 2.45) is 0 Å². The molecule has 1 saturated heterocycles. The number of carbonyl (C=O) groups is 1. The van der Waals surface area contributed by atoms with E-state index in [0.29, 0.717) is 40.2 Å². The number of methoxy groups -OCH3 is 1. The second-order valence-corrected chi connectivity index (χ2v) is 12.0. The molecule has 35 heavy (non-hydrogen) atoms. The van der Waals surface area contributed by atoms with Crippen molar-refractivity contribution in [1.82, 2.24) is 20.1 Å². The predicted molar refractivity (Wildman–Crippen MR) is 136 cm³/mol. The molecule has 1 aliphatic carbocycles. The lowest BCUT2D eigenvalue weighted by Crippen LogP contribution is -2.34. The van der Waals surface area contributed by atoms with Crippen LogP contribution in [0.3, 0.4) is 0 Å². The zero-order valence-electron chi connectivity index (χ0n) is 20.3. The molecule has 1 unspecified atom stereocenters. The minimum absolute atomic E-state index is 0.0396. The van der Waals surface area contributed by atoms with Gasteiger partial charge in [-0.25, -0.2) is 18.1 Å². The van der Waals surface area contributed by atoms with Gasteiger partial charge in [0.1, 0.15) is 5.75 Å². The summed E-state index contributed by atoms with van der Waals surface area (Å²) in [4.78, 5) is 18.5. The third-order valence-electron chi connectivity index (χ3n) is 7.19. The number of rotatable bonds is 5. The van der Waals surface area contributed by atoms with Crippen LogP contribution in [0.15, 0.2) is 30.3 Å². The molecular weight excluding hydrogens is 464 g/mol. The van der Waals surface area contributed by atoms with Gasteiger partial charge in [0, 0.05) is 11.6 Å². The molecule has 1 aromatic carbocycles. The highest BCUT2D eigenvalue weighted by Crippen LogP contribution is 2.33. The molecule has 0 radical (unpaired) electrons. The van der Waals surface area contributed by atoms with Crippen LogP contribution >= 0.6 is 0 Å². The van der Waals surface area contributed by atoms with Crippen LogP contribution in [0.2, 0.25) is 0 Å². The highest BCUT2D eigenvalue weighted by molar-refractivity contribution is 7.91. The molecule has 3 heterocycles. The van der Waals surface area contributed by atoms with Crippen LogP contribution in [0.1, 0.15) is 67.0 Å². The molecule has 2 aromatic heterocycles. The van der Waals surface area contributed by atoms with E-state index in [0.717, 1.165) is 31.2 Å². The number of amides is 1. The maximum atomic E-state index is 13.6. The summed E-state index contributed by atoms with van der Waals surface area (Å²) in [6, 6.07) is 9.25. The van der Waals surface area contributed by atoms with E-state index in [1.54, 1.807) is 11.8 Å². The molecule has 1 saturated carbocycles. The van der Waals surface area contributed by atoms with E-state index < -0.39 is 9.84 Å². The number of sulfone groups is 1. The van der Waals surface area contributed by atoms with E-state index in [2.05, 4.69) is 5.32 Å². The van der Waals surface area contributed by atoms with Gasteiger partial charge in [0.2, 0.25) is 0 Å². The first kappa shape index (κ1) is 23.8. The lowest BCUT2D eigenvalue weighted by atomic mass is 10.0. The molecule has 0 bridgehead atoms. The van der Waals surface area contributed by atoms with E-state index in [9.17, 15) is 13.2 Å². The number of aromatic nitrogens is 3. The summed E-state index contributed by atoms with van der Waals surface area (Å²) < 4.78 is 31.5. The fraction of sp³-hybridized carbons (Fsp3) is 0.500. The summed E-state index contributed by atoms with van der Waals surface area (Å²) in [6.45, 7) is 1.86. The Morgan fingerprint density at radius 2 is 1.89 bits per heavy atom. The molecule has 2 fully saturated rings. The summed E-state index contributed by atoms with van der Waals surface area (Å²) >= 11 is 0. The molecule has 1 aliphatic heterocycles. The molecule has 1 atom stereocenters. The highest BCUT2D eigenvalue weighted by atomic mass is 32.2. The summed E-state index contributed by atoms with van der Waals surface area (Å²) in [5.41, 5.74) is 3.21. The zero-order valence-corrected chi connectivity index (χ0v) is 21.1. The first-order chi connectivity index (χ1) is 16.8. The van der Waals surface area contributed by atoms with Crippen molar-refractivity contribution in [3.63, 3.8) is 0 Å². The molecule has 8 nitrogen and oxygen atoms in total. The normalized spacial score (nSPS) is 20.6. The average Bonchev–Trinajstić information content (AvgIpc) is 3.25. The van der Waals surface area contributed by atoms with Gasteiger partial charge in [-0.1, -0.05) is 37.8 Å². The number of ether oxygens (including phenoxy) is 1. The monoisotopic (exact) mass is 496 g/mol. The fourth-order valence-corrected chi connectivity index (χ4v) is 7.02. The maximum Gasteiger partial charge on any atom is 0.252 e. The molecular formula is C26H32N4O4S. The lowest BCUT2D eigenvalue weighted by molar-refractivity contribution is 0.0935. The zero-order chi connectivity index (χ0) is 24.6. The number of pyridine rings is 1. The van der Waals surface area contributed by atoms with E-state index in [-0.39, 0.29) is 29.5 Å². The van der Waals surface area contributed by atoms with Crippen LogP contribution in [-0.4, -0.2) is 53.7 Å². The van der Waals surface area contributed by atoms with Crippen molar-refractivity contribution in [2.75, 3.05) is 18.6 Å². The second-order valence-electron chi connectivity index (χ2n) is 9.73. The maximum absolute atomic E-state index is 13.6. The molecule has 3 aromatic rings. The van der Waals surface area contributed by atoms with E-state index >= 15 is 0 Å². The third-order valence-corrected chi connectivity index (χ3v) is 8.94. The van der Waals surface area contributed by atoms with Crippen molar-refractivity contribution < 1.29 is 17.9 Å². The second kappa shape index (κ2) is 9.60. The molecule has 0 spiro atoms. The topological polar surface area (TPSA) is 103 Å². The average molecular weight is 497 g/mol. The van der Waals surface area contributed by atoms with Crippen molar-refractivity contribution in [2.45, 2.75) is 64.0 Å². The Kier molecular flexibility index (Phi) is 6.53. The first-order valence-electron chi connectivity index (χ1n) is 12.4. The molecule has 9 heteroatoms. The van der Waals surface area contributed by atoms with Gasteiger partial charge in [0.15, 0.2) is 15.5 Å². The predicted octanol–water partition coefficient (Wildman–Crippen LogP) is 4.23. The Morgan fingerprint density at radius 3 is 2.57 bits per heavy atom. The third kappa shape index (κ3) is 4.91. The smallest absolute Gasteiger partial charge is 0.252 e. The van der Waals surface area contributed by atoms with Gasteiger partial charge in [-0.3, -0.25) is 4.79 Å². The van der Waals surface area contributed by atoms with E-state index in [1.807, 2.05) is 37.3 Å². The number of aryl methyl sites for hydroxylation is 1. The minimum atomic E-state index is -3.11. The van der Waals surface area contributed by atoms with Gasteiger partial charge in [-0.05, 0) is 44.4 Å². The fourth-order valence-electron chi connectivity index (χ4n) is 5.33. The summed E-state index contributed by atoms with van der Waals surface area (Å²) in [5.74, 6) is 0.746. The summed E-state index contributed by atoms with van der Waals surface area (Å²) in [5, 5.41) is 8.65. The Labute approximate surface area is 206 Å². The molecule has 5 rings (SSSR count). The van der Waals surface area contributed by atoms with Gasteiger partial charge in [0.05, 0.1) is 47.0 Å². The van der Waals surface area contributed by atoms with Crippen molar-refractivity contribution in [3.8, 4) is 17.0 Å². The Hall–Kier alpha value is -2.94. The summed E-state index contributed by atoms with van der Waals surface area (Å²) in [6.07, 6.45) is 7.14. The SMILES string of the molecule is COc1cccc(-c2cc(C(=O)NC3CCCCCC3)c3c(C)nn(C4CCS(=O)(=O)C4)c3n2)c1. The number of fused-ring (bicyclic) bond motifs is 1. The van der Waals surface area contributed by atoms with Crippen molar-refractivity contribution in [1.29, 1.82) is 0 Å². The molecule has 1 amide bonds. The quantitative estimate of drug-likeness (QED) is 0.531. The van der Waals surface area contributed by atoms with Gasteiger partial charge >= 0.3 is 0 Å². The Bertz CT molecular complexity index is 1360. The standard InChI is InChI=1S/C26H32N4O4S/c1-17-24-22(26(31)27-19-9-5-3-4-6-10-19)15-23(18-8-7-11-21(14-18)34-2)28-25(24)30(29-17)20-12-13-35(32,33)16-20/h7-8,11,14-15,19-20H,3-6,9-10,12-13,16H2,1-2H3,(H,27,31). The minimum Gasteiger partial charge on any atom is -0.497 e. The van der Waals surface area contributed by atoms with Gasteiger partial charge in [0.25, 0.3) is 5.91 Å². The number of benzene rings is 1. The highest BCUT2D eigenvalue weighted by Gasteiger charge is 2.32. The van der Waals surface area contributed by atoms with Gasteiger partial charge < -0.3 is 10.1 Å². The molecule has 2 aliphatic rings. The number of carbonyl (C=O) groups excluding carboxylic acids is 1. The number of nitrogens with one attached hydrogen (secondary N) is 1. The van der Waals surface area contributed by atoms with Crippen LogP contribution in [0, 0.1) is 6.92 Å². The van der Waals surface area contributed by atoms with E-state index in [1.165, 1.54) is 12.8 Å². The van der Waals surface area contributed by atoms with Crippen LogP contribution in [-0.2, 0) is 9.84 Å². The number of nitrogens with zero attached hydrogens (tertiary/aromatic N) is 3. The van der Waals surface area contributed by atoms with Crippen molar-refractivity contribution >= 4 is 26.8 Å². The van der Waals surface area contributed by atoms with Crippen molar-refractivity contribution in [3.05, 3.63) is 41.6 Å². The van der Waals surface area contributed by atoms with Crippen LogP contribution in [0.25, 0.3) is 22.3 Å². The number of hydrogen-bond acceptors (Lipinski definition) is 6. The largest absolute Gasteiger partial charge is 0.497 e. The Morgan fingerprint density at radius 1 is 1.11 bits per heavy atom. The van der Waals surface area contributed by atoms with E-state index in [4.69, 9.17) is 14.8 Å². The van der Waals surface area contributed by atoms with Gasteiger partial charge in [-0.2, -0.15) is 5.10 Å². The number of hydrogen-bond donors (Lipinski definition) is 1. The van der Waals surface area contributed by atoms with Gasteiger partial charge in [-0.15, -0.1) is 0 Å².